The topological polar surface area (TPSA) is 18.5 Å². The maximum Gasteiger partial charge on any atom is 0.133 e. The smallest absolute Gasteiger partial charge is 0.133 e. The third-order valence-corrected chi connectivity index (χ3v) is 6.80. The van der Waals surface area contributed by atoms with Gasteiger partial charge in [0.25, 0.3) is 0 Å². The second-order valence-corrected chi connectivity index (χ2v) is 10.1. The number of rotatable bonds is 18. The highest BCUT2D eigenvalue weighted by atomic mass is 79.9. The van der Waals surface area contributed by atoms with Gasteiger partial charge >= 0.3 is 0 Å². The van der Waals surface area contributed by atoms with Crippen LogP contribution >= 0.6 is 15.9 Å². The maximum atomic E-state index is 6.16. The van der Waals surface area contributed by atoms with Gasteiger partial charge in [0, 0.05) is 0 Å². The summed E-state index contributed by atoms with van der Waals surface area (Å²) in [6, 6.07) is 14.8. The fourth-order valence-electron chi connectivity index (χ4n) is 4.08. The minimum absolute atomic E-state index is 0.237. The molecule has 1 unspecified atom stereocenters. The second-order valence-electron chi connectivity index (χ2n) is 9.27. The van der Waals surface area contributed by atoms with E-state index in [1.807, 2.05) is 0 Å². The number of ether oxygens (including phenoxy) is 2. The molecule has 0 heterocycles. The molecule has 0 spiro atoms. The van der Waals surface area contributed by atoms with Crippen LogP contribution in [-0.2, 0) is 0 Å². The average Bonchev–Trinajstić information content (AvgIpc) is 2.82. The zero-order chi connectivity index (χ0) is 23.7. The normalized spacial score (nSPS) is 12.0. The van der Waals surface area contributed by atoms with Crippen molar-refractivity contribution in [3.8, 4) is 22.6 Å². The van der Waals surface area contributed by atoms with Crippen molar-refractivity contribution < 1.29 is 9.47 Å². The van der Waals surface area contributed by atoms with Crippen molar-refractivity contribution in [3.05, 3.63) is 46.9 Å². The van der Waals surface area contributed by atoms with Crippen molar-refractivity contribution in [1.82, 2.24) is 0 Å². The van der Waals surface area contributed by atoms with Gasteiger partial charge < -0.3 is 9.47 Å². The lowest BCUT2D eigenvalue weighted by molar-refractivity contribution is 0.205. The van der Waals surface area contributed by atoms with Crippen LogP contribution in [-0.4, -0.2) is 12.7 Å². The molecule has 2 nitrogen and oxygen atoms in total. The molecule has 2 aromatic rings. The first-order valence-electron chi connectivity index (χ1n) is 13.3. The van der Waals surface area contributed by atoms with Crippen LogP contribution in [0, 0.1) is 0 Å². The van der Waals surface area contributed by atoms with Gasteiger partial charge in [-0.2, -0.15) is 0 Å². The Hall–Kier alpha value is -1.48. The number of halogens is 1. The van der Waals surface area contributed by atoms with Gasteiger partial charge in [-0.3, -0.25) is 0 Å². The minimum Gasteiger partial charge on any atom is -0.494 e. The van der Waals surface area contributed by atoms with Gasteiger partial charge in [-0.25, -0.2) is 0 Å². The van der Waals surface area contributed by atoms with Gasteiger partial charge in [-0.15, -0.1) is 0 Å². The molecule has 0 aliphatic heterocycles. The Morgan fingerprint density at radius 2 is 1.27 bits per heavy atom. The highest BCUT2D eigenvalue weighted by molar-refractivity contribution is 9.10. The largest absolute Gasteiger partial charge is 0.494 e. The summed E-state index contributed by atoms with van der Waals surface area (Å²) in [6.07, 6.45) is 17.0. The van der Waals surface area contributed by atoms with Crippen LogP contribution in [0.3, 0.4) is 0 Å². The summed E-state index contributed by atoms with van der Waals surface area (Å²) >= 11 is 3.70. The molecule has 184 valence electrons. The summed E-state index contributed by atoms with van der Waals surface area (Å²) in [7, 11) is 0. The summed E-state index contributed by atoms with van der Waals surface area (Å²) in [6.45, 7) is 7.49. The van der Waals surface area contributed by atoms with Crippen LogP contribution in [0.25, 0.3) is 11.1 Å². The summed E-state index contributed by atoms with van der Waals surface area (Å²) in [5.41, 5.74) is 2.37. The van der Waals surface area contributed by atoms with E-state index in [0.29, 0.717) is 0 Å². The molecule has 0 saturated heterocycles. The van der Waals surface area contributed by atoms with Crippen molar-refractivity contribution in [2.45, 2.75) is 110 Å². The van der Waals surface area contributed by atoms with Crippen molar-refractivity contribution in [2.75, 3.05) is 6.61 Å². The van der Waals surface area contributed by atoms with Gasteiger partial charge in [0.1, 0.15) is 11.5 Å². The van der Waals surface area contributed by atoms with E-state index in [9.17, 15) is 0 Å². The molecular formula is C30H45BrO2. The van der Waals surface area contributed by atoms with Crippen LogP contribution < -0.4 is 9.47 Å². The lowest BCUT2D eigenvalue weighted by Crippen LogP contribution is -2.11. The molecule has 0 bridgehead atoms. The molecule has 2 rings (SSSR count). The standard InChI is InChI=1S/C30H45BrO2/c1-4-6-8-10-11-12-13-15-23-32-28-20-17-26(18-21-28)27-19-22-30(29(31)24-27)33-25(3)16-14-9-7-5-2/h17-22,24-25H,4-16,23H2,1-3H3. The van der Waals surface area contributed by atoms with Crippen LogP contribution in [0.5, 0.6) is 11.5 Å². The number of benzene rings is 2. The first kappa shape index (κ1) is 27.8. The van der Waals surface area contributed by atoms with Gasteiger partial charge in [-0.1, -0.05) is 96.3 Å². The van der Waals surface area contributed by atoms with Crippen LogP contribution in [0.2, 0.25) is 0 Å². The summed E-state index contributed by atoms with van der Waals surface area (Å²) in [4.78, 5) is 0. The van der Waals surface area contributed by atoms with E-state index < -0.39 is 0 Å². The predicted molar refractivity (Wildman–Crippen MR) is 147 cm³/mol. The van der Waals surface area contributed by atoms with E-state index >= 15 is 0 Å². The molecule has 0 N–H and O–H groups in total. The molecule has 0 radical (unpaired) electrons. The summed E-state index contributed by atoms with van der Waals surface area (Å²) in [5, 5.41) is 0. The Labute approximate surface area is 211 Å². The Morgan fingerprint density at radius 1 is 0.697 bits per heavy atom. The SMILES string of the molecule is CCCCCCCCCCOc1ccc(-c2ccc(OC(C)CCCCCC)c(Br)c2)cc1. The lowest BCUT2D eigenvalue weighted by atomic mass is 10.1. The monoisotopic (exact) mass is 516 g/mol. The highest BCUT2D eigenvalue weighted by Crippen LogP contribution is 2.32. The fraction of sp³-hybridized carbons (Fsp3) is 0.600. The van der Waals surface area contributed by atoms with Crippen LogP contribution in [0.1, 0.15) is 104 Å². The Balaban J connectivity index is 1.73. The van der Waals surface area contributed by atoms with Crippen molar-refractivity contribution in [2.24, 2.45) is 0 Å². The quantitative estimate of drug-likeness (QED) is 0.183. The highest BCUT2D eigenvalue weighted by Gasteiger charge is 2.09. The number of unbranched alkanes of at least 4 members (excludes halogenated alkanes) is 10. The first-order chi connectivity index (χ1) is 16.1. The maximum absolute atomic E-state index is 6.16. The van der Waals surface area contributed by atoms with Gasteiger partial charge in [-0.05, 0) is 77.5 Å². The van der Waals surface area contributed by atoms with E-state index in [-0.39, 0.29) is 6.10 Å². The minimum atomic E-state index is 0.237. The van der Waals surface area contributed by atoms with Gasteiger partial charge in [0.15, 0.2) is 0 Å². The number of hydrogen-bond donors (Lipinski definition) is 0. The zero-order valence-electron chi connectivity index (χ0n) is 21.2. The molecule has 0 saturated carbocycles. The van der Waals surface area contributed by atoms with Crippen molar-refractivity contribution in [3.63, 3.8) is 0 Å². The molecule has 33 heavy (non-hydrogen) atoms. The average molecular weight is 518 g/mol. The lowest BCUT2D eigenvalue weighted by Gasteiger charge is -2.16. The van der Waals surface area contributed by atoms with Crippen molar-refractivity contribution >= 4 is 15.9 Å². The molecule has 0 aromatic heterocycles. The summed E-state index contributed by atoms with van der Waals surface area (Å²) in [5.74, 6) is 1.88. The molecular weight excluding hydrogens is 472 g/mol. The third kappa shape index (κ3) is 11.5. The number of hydrogen-bond acceptors (Lipinski definition) is 2. The van der Waals surface area contributed by atoms with E-state index in [1.54, 1.807) is 0 Å². The molecule has 3 heteroatoms. The van der Waals surface area contributed by atoms with Gasteiger partial charge in [0.05, 0.1) is 17.2 Å². The van der Waals surface area contributed by atoms with Gasteiger partial charge in [0.2, 0.25) is 0 Å². The second kappa shape index (κ2) is 17.0. The summed E-state index contributed by atoms with van der Waals surface area (Å²) < 4.78 is 13.1. The first-order valence-corrected chi connectivity index (χ1v) is 14.1. The Kier molecular flexibility index (Phi) is 14.3. The van der Waals surface area contributed by atoms with Crippen molar-refractivity contribution in [1.29, 1.82) is 0 Å². The molecule has 0 amide bonds. The van der Waals surface area contributed by atoms with E-state index in [4.69, 9.17) is 9.47 Å². The van der Waals surface area contributed by atoms with E-state index in [0.717, 1.165) is 35.4 Å². The molecule has 2 aromatic carbocycles. The van der Waals surface area contributed by atoms with Crippen LogP contribution in [0.4, 0.5) is 0 Å². The Morgan fingerprint density at radius 3 is 1.91 bits per heavy atom. The van der Waals surface area contributed by atoms with Crippen LogP contribution in [0.15, 0.2) is 46.9 Å². The molecule has 0 fully saturated rings. The Bertz CT molecular complexity index is 756. The molecule has 0 aliphatic rings. The third-order valence-electron chi connectivity index (χ3n) is 6.18. The fourth-order valence-corrected chi connectivity index (χ4v) is 4.55. The van der Waals surface area contributed by atoms with E-state index in [1.165, 1.54) is 81.8 Å². The predicted octanol–water partition coefficient (Wildman–Crippen LogP) is 10.4. The zero-order valence-corrected chi connectivity index (χ0v) is 22.8. The molecule has 1 atom stereocenters. The van der Waals surface area contributed by atoms with E-state index in [2.05, 4.69) is 79.2 Å². The molecule has 0 aliphatic carbocycles.